The lowest BCUT2D eigenvalue weighted by molar-refractivity contribution is -0.119. The second-order valence-corrected chi connectivity index (χ2v) is 4.88. The number of halogens is 2. The van der Waals surface area contributed by atoms with Crippen molar-refractivity contribution >= 4 is 27.7 Å². The zero-order valence-corrected chi connectivity index (χ0v) is 11.4. The maximum atomic E-state index is 13.5. The van der Waals surface area contributed by atoms with Crippen LogP contribution in [0.25, 0.3) is 0 Å². The molecule has 0 spiro atoms. The van der Waals surface area contributed by atoms with Crippen molar-refractivity contribution in [2.75, 3.05) is 18.6 Å². The molecule has 1 fully saturated rings. The fourth-order valence-corrected chi connectivity index (χ4v) is 2.37. The van der Waals surface area contributed by atoms with Crippen LogP contribution in [0.5, 0.6) is 5.75 Å². The maximum absolute atomic E-state index is 13.5. The standard InChI is InChI=1S/C11H13BrFN3O2/c1-18-8-2-3-9(12)15-11(8)16-5-6(13)4-7(16)10(14)17/h2-3,6-7H,4-5H2,1H3,(H2,14,17). The molecule has 18 heavy (non-hydrogen) atoms. The maximum Gasteiger partial charge on any atom is 0.240 e. The molecule has 2 atom stereocenters. The third-order valence-electron chi connectivity index (χ3n) is 2.88. The number of hydrogen-bond acceptors (Lipinski definition) is 4. The van der Waals surface area contributed by atoms with Gasteiger partial charge in [-0.3, -0.25) is 4.79 Å². The Labute approximate surface area is 112 Å². The van der Waals surface area contributed by atoms with Gasteiger partial charge in [-0.1, -0.05) is 0 Å². The summed E-state index contributed by atoms with van der Waals surface area (Å²) in [6.07, 6.45) is -1.000. The van der Waals surface area contributed by atoms with E-state index in [1.165, 1.54) is 7.11 Å². The number of methoxy groups -OCH3 is 1. The summed E-state index contributed by atoms with van der Waals surface area (Å²) < 4.78 is 19.2. The number of nitrogens with two attached hydrogens (primary N) is 1. The van der Waals surface area contributed by atoms with E-state index in [-0.39, 0.29) is 13.0 Å². The lowest BCUT2D eigenvalue weighted by Crippen LogP contribution is -2.40. The highest BCUT2D eigenvalue weighted by atomic mass is 79.9. The van der Waals surface area contributed by atoms with Gasteiger partial charge in [0.25, 0.3) is 0 Å². The van der Waals surface area contributed by atoms with Crippen molar-refractivity contribution in [3.05, 3.63) is 16.7 Å². The van der Waals surface area contributed by atoms with E-state index in [4.69, 9.17) is 10.5 Å². The molecule has 2 rings (SSSR count). The van der Waals surface area contributed by atoms with Crippen molar-refractivity contribution in [1.29, 1.82) is 0 Å². The van der Waals surface area contributed by atoms with Crippen molar-refractivity contribution < 1.29 is 13.9 Å². The molecule has 0 radical (unpaired) electrons. The van der Waals surface area contributed by atoms with Crippen LogP contribution in [0, 0.1) is 0 Å². The summed E-state index contributed by atoms with van der Waals surface area (Å²) in [5.41, 5.74) is 5.29. The highest BCUT2D eigenvalue weighted by Gasteiger charge is 2.37. The van der Waals surface area contributed by atoms with E-state index in [2.05, 4.69) is 20.9 Å². The van der Waals surface area contributed by atoms with Crippen LogP contribution in [-0.2, 0) is 4.79 Å². The second kappa shape index (κ2) is 5.09. The van der Waals surface area contributed by atoms with Gasteiger partial charge >= 0.3 is 0 Å². The summed E-state index contributed by atoms with van der Waals surface area (Å²) in [5.74, 6) is 0.355. The summed E-state index contributed by atoms with van der Waals surface area (Å²) in [7, 11) is 1.50. The zero-order valence-electron chi connectivity index (χ0n) is 9.77. The number of primary amides is 1. The number of carbonyl (C=O) groups excluding carboxylic acids is 1. The molecule has 1 aliphatic rings. The molecule has 0 aliphatic carbocycles. The quantitative estimate of drug-likeness (QED) is 0.852. The highest BCUT2D eigenvalue weighted by molar-refractivity contribution is 9.10. The molecule has 1 aromatic rings. The third kappa shape index (κ3) is 2.40. The van der Waals surface area contributed by atoms with Gasteiger partial charge < -0.3 is 15.4 Å². The minimum atomic E-state index is -1.09. The van der Waals surface area contributed by atoms with Crippen molar-refractivity contribution in [3.63, 3.8) is 0 Å². The first-order valence-electron chi connectivity index (χ1n) is 5.43. The normalized spacial score (nSPS) is 23.2. The molecule has 5 nitrogen and oxygen atoms in total. The number of ether oxygens (including phenoxy) is 1. The van der Waals surface area contributed by atoms with Gasteiger partial charge in [0.1, 0.15) is 16.8 Å². The highest BCUT2D eigenvalue weighted by Crippen LogP contribution is 2.33. The largest absolute Gasteiger partial charge is 0.493 e. The summed E-state index contributed by atoms with van der Waals surface area (Å²) >= 11 is 3.24. The average molecular weight is 318 g/mol. The van der Waals surface area contributed by atoms with Crippen LogP contribution >= 0.6 is 15.9 Å². The van der Waals surface area contributed by atoms with E-state index >= 15 is 0 Å². The Morgan fingerprint density at radius 1 is 1.67 bits per heavy atom. The SMILES string of the molecule is COc1ccc(Br)nc1N1CC(F)CC1C(N)=O. The summed E-state index contributed by atoms with van der Waals surface area (Å²) in [4.78, 5) is 17.1. The first kappa shape index (κ1) is 13.1. The number of nitrogens with zero attached hydrogens (tertiary/aromatic N) is 2. The fraction of sp³-hybridized carbons (Fsp3) is 0.455. The van der Waals surface area contributed by atoms with Gasteiger partial charge in [-0.15, -0.1) is 0 Å². The number of pyridine rings is 1. The fourth-order valence-electron chi connectivity index (χ4n) is 2.07. The van der Waals surface area contributed by atoms with Crippen LogP contribution in [0.1, 0.15) is 6.42 Å². The van der Waals surface area contributed by atoms with Crippen molar-refractivity contribution in [1.82, 2.24) is 4.98 Å². The lowest BCUT2D eigenvalue weighted by Gasteiger charge is -2.24. The first-order valence-corrected chi connectivity index (χ1v) is 6.22. The van der Waals surface area contributed by atoms with Crippen molar-refractivity contribution in [2.24, 2.45) is 5.73 Å². The van der Waals surface area contributed by atoms with Crippen LogP contribution < -0.4 is 15.4 Å². The van der Waals surface area contributed by atoms with Crippen LogP contribution in [0.15, 0.2) is 16.7 Å². The molecule has 2 heterocycles. The van der Waals surface area contributed by atoms with Gasteiger partial charge in [-0.05, 0) is 28.1 Å². The van der Waals surface area contributed by atoms with Crippen LogP contribution in [0.3, 0.4) is 0 Å². The molecular weight excluding hydrogens is 305 g/mol. The number of amides is 1. The zero-order chi connectivity index (χ0) is 13.3. The molecule has 0 saturated carbocycles. The van der Waals surface area contributed by atoms with Crippen molar-refractivity contribution in [3.8, 4) is 5.75 Å². The van der Waals surface area contributed by atoms with Gasteiger partial charge in [0.05, 0.1) is 13.7 Å². The smallest absolute Gasteiger partial charge is 0.240 e. The number of aromatic nitrogens is 1. The molecule has 98 valence electrons. The Balaban J connectivity index is 2.40. The Morgan fingerprint density at radius 2 is 2.39 bits per heavy atom. The Hall–Kier alpha value is -1.37. The number of hydrogen-bond donors (Lipinski definition) is 1. The molecule has 2 N–H and O–H groups in total. The molecule has 2 unspecified atom stereocenters. The Kier molecular flexibility index (Phi) is 3.70. The van der Waals surface area contributed by atoms with E-state index < -0.39 is 18.1 Å². The number of carbonyl (C=O) groups is 1. The van der Waals surface area contributed by atoms with E-state index in [1.807, 2.05) is 0 Å². The van der Waals surface area contributed by atoms with Crippen LogP contribution in [-0.4, -0.2) is 36.8 Å². The molecule has 1 saturated heterocycles. The Morgan fingerprint density at radius 3 is 3.00 bits per heavy atom. The molecule has 0 bridgehead atoms. The van der Waals surface area contributed by atoms with E-state index in [0.29, 0.717) is 16.2 Å². The molecule has 0 aromatic carbocycles. The van der Waals surface area contributed by atoms with Gasteiger partial charge in [-0.2, -0.15) is 0 Å². The molecule has 1 aliphatic heterocycles. The predicted octanol–water partition coefficient (Wildman–Crippen LogP) is 1.25. The third-order valence-corrected chi connectivity index (χ3v) is 3.32. The van der Waals surface area contributed by atoms with Crippen molar-refractivity contribution in [2.45, 2.75) is 18.6 Å². The van der Waals surface area contributed by atoms with E-state index in [0.717, 1.165) is 0 Å². The average Bonchev–Trinajstić information content (AvgIpc) is 2.71. The number of rotatable bonds is 3. The molecular formula is C11H13BrFN3O2. The molecule has 7 heteroatoms. The van der Waals surface area contributed by atoms with E-state index in [9.17, 15) is 9.18 Å². The second-order valence-electron chi connectivity index (χ2n) is 4.06. The van der Waals surface area contributed by atoms with Gasteiger partial charge in [0.15, 0.2) is 11.6 Å². The van der Waals surface area contributed by atoms with E-state index in [1.54, 1.807) is 17.0 Å². The molecule has 1 aromatic heterocycles. The van der Waals surface area contributed by atoms with Crippen LogP contribution in [0.2, 0.25) is 0 Å². The number of alkyl halides is 1. The van der Waals surface area contributed by atoms with Gasteiger partial charge in [0, 0.05) is 6.42 Å². The number of anilines is 1. The summed E-state index contributed by atoms with van der Waals surface area (Å²) in [5, 5.41) is 0. The van der Waals surface area contributed by atoms with Gasteiger partial charge in [0.2, 0.25) is 5.91 Å². The topological polar surface area (TPSA) is 68.4 Å². The Bertz CT molecular complexity index is 472. The minimum absolute atomic E-state index is 0.0900. The molecule has 1 amide bonds. The lowest BCUT2D eigenvalue weighted by atomic mass is 10.2. The summed E-state index contributed by atoms with van der Waals surface area (Å²) in [6, 6.07) is 2.73. The van der Waals surface area contributed by atoms with Crippen LogP contribution in [0.4, 0.5) is 10.2 Å². The summed E-state index contributed by atoms with van der Waals surface area (Å²) in [6.45, 7) is 0.0907. The predicted molar refractivity (Wildman–Crippen MR) is 68.3 cm³/mol. The first-order chi connectivity index (χ1) is 8.52. The monoisotopic (exact) mass is 317 g/mol. The minimum Gasteiger partial charge on any atom is -0.493 e. The van der Waals surface area contributed by atoms with Gasteiger partial charge in [-0.25, -0.2) is 9.37 Å².